The normalized spacial score (nSPS) is 20.7. The molecule has 1 aromatic heterocycles. The highest BCUT2D eigenvalue weighted by atomic mass is 32.1. The third-order valence-electron chi connectivity index (χ3n) is 3.92. The first-order valence-electron chi connectivity index (χ1n) is 7.76. The number of nitrogens with one attached hydrogen (secondary N) is 2. The van der Waals surface area contributed by atoms with Crippen molar-refractivity contribution in [3.05, 3.63) is 52.0 Å². The molecule has 1 aliphatic rings. The molecule has 0 bridgehead atoms. The number of hydrogen-bond donors (Lipinski definition) is 2. The van der Waals surface area contributed by atoms with Crippen LogP contribution in [0.5, 0.6) is 0 Å². The number of aryl methyl sites for hydroxylation is 1. The molecule has 1 fully saturated rings. The van der Waals surface area contributed by atoms with E-state index >= 15 is 0 Å². The maximum atomic E-state index is 4.42. The minimum Gasteiger partial charge on any atom is -0.353 e. The smallest absolute Gasteiger partial charge is 0.191 e. The van der Waals surface area contributed by atoms with E-state index in [4.69, 9.17) is 0 Å². The van der Waals surface area contributed by atoms with Crippen molar-refractivity contribution in [2.45, 2.75) is 38.3 Å². The van der Waals surface area contributed by atoms with Crippen LogP contribution in [-0.4, -0.2) is 24.0 Å². The summed E-state index contributed by atoms with van der Waals surface area (Å²) in [6, 6.07) is 11.1. The molecular formula is C17H22N4S. The van der Waals surface area contributed by atoms with Crippen LogP contribution in [0.15, 0.2) is 41.5 Å². The van der Waals surface area contributed by atoms with E-state index < -0.39 is 0 Å². The minimum absolute atomic E-state index is 0.482. The standard InChI is InChI=1S/C17H22N4S/c1-3-13-10-19-16(22-13)11-20-17(18-2)21-15-9-14(15)12-7-5-4-6-8-12/h4-8,10,14-15H,3,9,11H2,1-2H3,(H2,18,20,21). The maximum Gasteiger partial charge on any atom is 0.191 e. The number of hydrogen-bond acceptors (Lipinski definition) is 3. The second kappa shape index (κ2) is 6.92. The van der Waals surface area contributed by atoms with Crippen LogP contribution in [0.2, 0.25) is 0 Å². The summed E-state index contributed by atoms with van der Waals surface area (Å²) < 4.78 is 0. The highest BCUT2D eigenvalue weighted by Gasteiger charge is 2.38. The van der Waals surface area contributed by atoms with Gasteiger partial charge in [0.25, 0.3) is 0 Å². The molecule has 1 aromatic carbocycles. The Bertz CT molecular complexity index is 635. The Morgan fingerprint density at radius 1 is 1.36 bits per heavy atom. The molecule has 1 saturated carbocycles. The molecule has 0 saturated heterocycles. The van der Waals surface area contributed by atoms with Gasteiger partial charge >= 0.3 is 0 Å². The summed E-state index contributed by atoms with van der Waals surface area (Å²) in [6.45, 7) is 2.88. The number of aromatic nitrogens is 1. The summed E-state index contributed by atoms with van der Waals surface area (Å²) in [5.41, 5.74) is 1.41. The average Bonchev–Trinajstić information content (AvgIpc) is 3.18. The lowest BCUT2D eigenvalue weighted by atomic mass is 10.1. The van der Waals surface area contributed by atoms with Crippen LogP contribution in [-0.2, 0) is 13.0 Å². The molecule has 5 heteroatoms. The number of nitrogens with zero attached hydrogens (tertiary/aromatic N) is 2. The summed E-state index contributed by atoms with van der Waals surface area (Å²) in [6.07, 6.45) is 4.18. The molecule has 0 spiro atoms. The van der Waals surface area contributed by atoms with E-state index in [9.17, 15) is 0 Å². The van der Waals surface area contributed by atoms with E-state index in [1.807, 2.05) is 13.2 Å². The minimum atomic E-state index is 0.482. The van der Waals surface area contributed by atoms with Crippen molar-refractivity contribution < 1.29 is 0 Å². The highest BCUT2D eigenvalue weighted by molar-refractivity contribution is 7.11. The molecule has 4 nitrogen and oxygen atoms in total. The third-order valence-corrected chi connectivity index (χ3v) is 5.06. The lowest BCUT2D eigenvalue weighted by Crippen LogP contribution is -2.38. The molecule has 116 valence electrons. The van der Waals surface area contributed by atoms with Crippen LogP contribution in [0.3, 0.4) is 0 Å². The molecular weight excluding hydrogens is 292 g/mol. The summed E-state index contributed by atoms with van der Waals surface area (Å²) in [7, 11) is 1.81. The van der Waals surface area contributed by atoms with Gasteiger partial charge in [-0.15, -0.1) is 11.3 Å². The summed E-state index contributed by atoms with van der Waals surface area (Å²) in [5.74, 6) is 1.46. The molecule has 2 unspecified atom stereocenters. The van der Waals surface area contributed by atoms with E-state index in [0.29, 0.717) is 12.0 Å². The van der Waals surface area contributed by atoms with Crippen molar-refractivity contribution in [2.75, 3.05) is 7.05 Å². The summed E-state index contributed by atoms with van der Waals surface area (Å²) in [4.78, 5) is 10.1. The zero-order valence-corrected chi connectivity index (χ0v) is 13.9. The first-order valence-corrected chi connectivity index (χ1v) is 8.57. The first-order chi connectivity index (χ1) is 10.8. The van der Waals surface area contributed by atoms with E-state index in [2.05, 4.69) is 57.9 Å². The van der Waals surface area contributed by atoms with Gasteiger partial charge in [0.15, 0.2) is 5.96 Å². The van der Waals surface area contributed by atoms with Crippen LogP contribution >= 0.6 is 11.3 Å². The van der Waals surface area contributed by atoms with Gasteiger partial charge in [-0.05, 0) is 18.4 Å². The molecule has 2 N–H and O–H groups in total. The van der Waals surface area contributed by atoms with Crippen LogP contribution in [0, 0.1) is 0 Å². The third kappa shape index (κ3) is 3.65. The van der Waals surface area contributed by atoms with Crippen molar-refractivity contribution >= 4 is 17.3 Å². The first kappa shape index (κ1) is 15.0. The fourth-order valence-corrected chi connectivity index (χ4v) is 3.35. The molecule has 22 heavy (non-hydrogen) atoms. The zero-order valence-electron chi connectivity index (χ0n) is 13.0. The van der Waals surface area contributed by atoms with Gasteiger partial charge in [0, 0.05) is 30.1 Å². The number of aliphatic imine (C=N–C) groups is 1. The van der Waals surface area contributed by atoms with E-state index in [1.165, 1.54) is 16.9 Å². The highest BCUT2D eigenvalue weighted by Crippen LogP contribution is 2.40. The molecule has 0 radical (unpaired) electrons. The van der Waals surface area contributed by atoms with Gasteiger partial charge in [-0.3, -0.25) is 4.99 Å². The fourth-order valence-electron chi connectivity index (χ4n) is 2.55. The Morgan fingerprint density at radius 2 is 2.18 bits per heavy atom. The lowest BCUT2D eigenvalue weighted by molar-refractivity contribution is 0.787. The molecule has 2 atom stereocenters. The van der Waals surface area contributed by atoms with Crippen molar-refractivity contribution in [3.63, 3.8) is 0 Å². The molecule has 3 rings (SSSR count). The Kier molecular flexibility index (Phi) is 4.73. The monoisotopic (exact) mass is 314 g/mol. The second-order valence-electron chi connectivity index (χ2n) is 5.50. The molecule has 2 aromatic rings. The van der Waals surface area contributed by atoms with Gasteiger partial charge in [-0.25, -0.2) is 4.98 Å². The van der Waals surface area contributed by atoms with E-state index in [-0.39, 0.29) is 0 Å². The predicted molar refractivity (Wildman–Crippen MR) is 92.4 cm³/mol. The molecule has 1 heterocycles. The Balaban J connectivity index is 1.49. The molecule has 0 aliphatic heterocycles. The number of guanidine groups is 1. The van der Waals surface area contributed by atoms with Gasteiger partial charge in [-0.1, -0.05) is 37.3 Å². The summed E-state index contributed by atoms with van der Waals surface area (Å²) in [5, 5.41) is 7.96. The topological polar surface area (TPSA) is 49.3 Å². The van der Waals surface area contributed by atoms with Gasteiger partial charge in [0.1, 0.15) is 5.01 Å². The van der Waals surface area contributed by atoms with E-state index in [0.717, 1.165) is 23.9 Å². The van der Waals surface area contributed by atoms with E-state index in [1.54, 1.807) is 11.3 Å². The van der Waals surface area contributed by atoms with Crippen molar-refractivity contribution in [3.8, 4) is 0 Å². The lowest BCUT2D eigenvalue weighted by Gasteiger charge is -2.10. The Morgan fingerprint density at radius 3 is 2.86 bits per heavy atom. The van der Waals surface area contributed by atoms with Gasteiger partial charge in [-0.2, -0.15) is 0 Å². The SMILES string of the molecule is CCc1cnc(CNC(=NC)NC2CC2c2ccccc2)s1. The largest absolute Gasteiger partial charge is 0.353 e. The second-order valence-corrected chi connectivity index (χ2v) is 6.70. The van der Waals surface area contributed by atoms with Crippen molar-refractivity contribution in [1.29, 1.82) is 0 Å². The van der Waals surface area contributed by atoms with Gasteiger partial charge < -0.3 is 10.6 Å². The number of benzene rings is 1. The number of rotatable bonds is 5. The number of thiazole rings is 1. The zero-order chi connectivity index (χ0) is 15.4. The van der Waals surface area contributed by atoms with Crippen LogP contribution < -0.4 is 10.6 Å². The Hall–Kier alpha value is -1.88. The fraction of sp³-hybridized carbons (Fsp3) is 0.412. The van der Waals surface area contributed by atoms with Crippen molar-refractivity contribution in [1.82, 2.24) is 15.6 Å². The van der Waals surface area contributed by atoms with Crippen LogP contribution in [0.1, 0.15) is 34.7 Å². The Labute approximate surface area is 135 Å². The van der Waals surface area contributed by atoms with Crippen LogP contribution in [0.4, 0.5) is 0 Å². The summed E-state index contributed by atoms with van der Waals surface area (Å²) >= 11 is 1.76. The molecule has 1 aliphatic carbocycles. The maximum absolute atomic E-state index is 4.42. The van der Waals surface area contributed by atoms with Crippen LogP contribution in [0.25, 0.3) is 0 Å². The van der Waals surface area contributed by atoms with Gasteiger partial charge in [0.2, 0.25) is 0 Å². The van der Waals surface area contributed by atoms with Crippen molar-refractivity contribution in [2.24, 2.45) is 4.99 Å². The molecule has 0 amide bonds. The quantitative estimate of drug-likeness (QED) is 0.659. The predicted octanol–water partition coefficient (Wildman–Crippen LogP) is 2.93. The van der Waals surface area contributed by atoms with Gasteiger partial charge in [0.05, 0.1) is 6.54 Å². The average molecular weight is 314 g/mol.